The summed E-state index contributed by atoms with van der Waals surface area (Å²) in [4.78, 5) is 12.0. The van der Waals surface area contributed by atoms with E-state index in [2.05, 4.69) is 39.9 Å². The topological polar surface area (TPSA) is 55.1 Å². The van der Waals surface area contributed by atoms with Crippen molar-refractivity contribution < 1.29 is 4.79 Å². The van der Waals surface area contributed by atoms with E-state index in [0.29, 0.717) is 12.6 Å². The molecule has 0 aromatic heterocycles. The van der Waals surface area contributed by atoms with Crippen molar-refractivity contribution in [3.05, 3.63) is 0 Å². The van der Waals surface area contributed by atoms with Crippen molar-refractivity contribution in [2.75, 3.05) is 6.54 Å². The van der Waals surface area contributed by atoms with Gasteiger partial charge in [0.25, 0.3) is 0 Å². The molecule has 16 heavy (non-hydrogen) atoms. The zero-order valence-electron chi connectivity index (χ0n) is 11.3. The van der Waals surface area contributed by atoms with Crippen molar-refractivity contribution >= 4 is 5.91 Å². The van der Waals surface area contributed by atoms with Gasteiger partial charge >= 0.3 is 0 Å². The smallest absolute Gasteiger partial charge is 0.224 e. The van der Waals surface area contributed by atoms with E-state index in [4.69, 9.17) is 5.73 Å². The molecule has 3 nitrogen and oxygen atoms in total. The van der Waals surface area contributed by atoms with Crippen LogP contribution in [0.3, 0.4) is 0 Å². The lowest BCUT2D eigenvalue weighted by molar-refractivity contribution is -0.125. The number of rotatable bonds is 4. The molecule has 0 heterocycles. The minimum absolute atomic E-state index is 0.0450. The first-order valence-corrected chi connectivity index (χ1v) is 6.16. The molecule has 3 N–H and O–H groups in total. The third kappa shape index (κ3) is 3.78. The minimum Gasteiger partial charge on any atom is -0.353 e. The van der Waals surface area contributed by atoms with Crippen molar-refractivity contribution in [1.29, 1.82) is 0 Å². The maximum atomic E-state index is 12.0. The van der Waals surface area contributed by atoms with E-state index in [1.807, 2.05) is 0 Å². The summed E-state index contributed by atoms with van der Waals surface area (Å²) in [7, 11) is 0. The molecule has 94 valence electrons. The average Bonchev–Trinajstić information content (AvgIpc) is 2.67. The Morgan fingerprint density at radius 1 is 1.50 bits per heavy atom. The van der Waals surface area contributed by atoms with Crippen LogP contribution >= 0.6 is 0 Å². The molecule has 2 atom stereocenters. The summed E-state index contributed by atoms with van der Waals surface area (Å²) < 4.78 is 0. The molecule has 0 aromatic carbocycles. The summed E-state index contributed by atoms with van der Waals surface area (Å²) in [6, 6.07) is 0.356. The molecule has 3 heteroatoms. The minimum atomic E-state index is -0.0450. The molecule has 0 aromatic rings. The first kappa shape index (κ1) is 13.5. The van der Waals surface area contributed by atoms with Crippen LogP contribution in [0.4, 0.5) is 0 Å². The highest BCUT2D eigenvalue weighted by atomic mass is 16.2. The number of amides is 1. The molecular formula is C13H26N2O. The zero-order chi connectivity index (χ0) is 12.6. The van der Waals surface area contributed by atoms with Crippen LogP contribution in [0.25, 0.3) is 0 Å². The molecule has 0 aliphatic heterocycles. The molecule has 1 rings (SSSR count). The Balaban J connectivity index is 2.45. The molecular weight excluding hydrogens is 200 g/mol. The van der Waals surface area contributed by atoms with Gasteiger partial charge in [-0.25, -0.2) is 0 Å². The van der Waals surface area contributed by atoms with E-state index in [0.717, 1.165) is 12.8 Å². The van der Waals surface area contributed by atoms with Crippen LogP contribution in [-0.4, -0.2) is 18.5 Å². The SMILES string of the molecule is CC(C)(C)CC(CN)C(=O)NC1CC1(C)C. The Kier molecular flexibility index (Phi) is 3.68. The van der Waals surface area contributed by atoms with E-state index in [-0.39, 0.29) is 22.7 Å². The second-order valence-electron chi connectivity index (χ2n) is 6.95. The average molecular weight is 226 g/mol. The second-order valence-corrected chi connectivity index (χ2v) is 6.95. The molecule has 1 aliphatic rings. The third-order valence-corrected chi connectivity index (χ3v) is 3.34. The lowest BCUT2D eigenvalue weighted by atomic mass is 9.84. The van der Waals surface area contributed by atoms with Crippen molar-refractivity contribution in [2.45, 2.75) is 53.5 Å². The summed E-state index contributed by atoms with van der Waals surface area (Å²) in [6.45, 7) is 11.2. The first-order valence-electron chi connectivity index (χ1n) is 6.16. The Hall–Kier alpha value is -0.570. The molecule has 1 aliphatic carbocycles. The van der Waals surface area contributed by atoms with Gasteiger partial charge in [-0.2, -0.15) is 0 Å². The summed E-state index contributed by atoms with van der Waals surface area (Å²) in [5.41, 5.74) is 6.13. The Morgan fingerprint density at radius 3 is 2.31 bits per heavy atom. The molecule has 2 unspecified atom stereocenters. The number of nitrogens with two attached hydrogens (primary N) is 1. The van der Waals surface area contributed by atoms with Crippen LogP contribution < -0.4 is 11.1 Å². The summed E-state index contributed by atoms with van der Waals surface area (Å²) >= 11 is 0. The van der Waals surface area contributed by atoms with Crippen LogP contribution in [0.15, 0.2) is 0 Å². The predicted molar refractivity (Wildman–Crippen MR) is 66.9 cm³/mol. The zero-order valence-corrected chi connectivity index (χ0v) is 11.3. The van der Waals surface area contributed by atoms with Gasteiger partial charge in [0.15, 0.2) is 0 Å². The van der Waals surface area contributed by atoms with Crippen molar-refractivity contribution in [1.82, 2.24) is 5.32 Å². The third-order valence-electron chi connectivity index (χ3n) is 3.34. The highest BCUT2D eigenvalue weighted by Crippen LogP contribution is 2.44. The van der Waals surface area contributed by atoms with E-state index in [1.165, 1.54) is 0 Å². The number of hydrogen-bond donors (Lipinski definition) is 2. The highest BCUT2D eigenvalue weighted by molar-refractivity contribution is 5.79. The highest BCUT2D eigenvalue weighted by Gasteiger charge is 2.47. The molecule has 0 radical (unpaired) electrons. The molecule has 1 saturated carbocycles. The van der Waals surface area contributed by atoms with Gasteiger partial charge in [0, 0.05) is 12.6 Å². The van der Waals surface area contributed by atoms with Crippen LogP contribution in [0.2, 0.25) is 0 Å². The normalized spacial score (nSPS) is 25.0. The second kappa shape index (κ2) is 4.36. The molecule has 1 fully saturated rings. The fourth-order valence-corrected chi connectivity index (χ4v) is 2.03. The van der Waals surface area contributed by atoms with Crippen molar-refractivity contribution in [3.63, 3.8) is 0 Å². The van der Waals surface area contributed by atoms with Crippen LogP contribution in [-0.2, 0) is 4.79 Å². The predicted octanol–water partition coefficient (Wildman–Crippen LogP) is 1.91. The summed E-state index contributed by atoms with van der Waals surface area (Å²) in [6.07, 6.45) is 1.94. The number of carbonyl (C=O) groups is 1. The van der Waals surface area contributed by atoms with Gasteiger partial charge in [-0.05, 0) is 23.7 Å². The van der Waals surface area contributed by atoms with E-state index in [1.54, 1.807) is 0 Å². The summed E-state index contributed by atoms with van der Waals surface area (Å²) in [5.74, 6) is 0.0874. The van der Waals surface area contributed by atoms with Gasteiger partial charge in [0.1, 0.15) is 0 Å². The van der Waals surface area contributed by atoms with E-state index in [9.17, 15) is 4.79 Å². The lowest BCUT2D eigenvalue weighted by Gasteiger charge is -2.24. The largest absolute Gasteiger partial charge is 0.353 e. The molecule has 0 saturated heterocycles. The number of carbonyl (C=O) groups excluding carboxylic acids is 1. The maximum Gasteiger partial charge on any atom is 0.224 e. The lowest BCUT2D eigenvalue weighted by Crippen LogP contribution is -2.39. The molecule has 1 amide bonds. The van der Waals surface area contributed by atoms with E-state index < -0.39 is 0 Å². The first-order chi connectivity index (χ1) is 7.15. The van der Waals surface area contributed by atoms with Gasteiger partial charge in [-0.1, -0.05) is 34.6 Å². The van der Waals surface area contributed by atoms with Gasteiger partial charge in [0.05, 0.1) is 5.92 Å². The van der Waals surface area contributed by atoms with Gasteiger partial charge in [-0.15, -0.1) is 0 Å². The molecule has 0 bridgehead atoms. The number of nitrogens with one attached hydrogen (secondary N) is 1. The van der Waals surface area contributed by atoms with Crippen molar-refractivity contribution in [3.8, 4) is 0 Å². The fraction of sp³-hybridized carbons (Fsp3) is 0.923. The Bertz CT molecular complexity index is 266. The van der Waals surface area contributed by atoms with Crippen LogP contribution in [0, 0.1) is 16.7 Å². The standard InChI is InChI=1S/C13H26N2O/c1-12(2,3)6-9(8-14)11(16)15-10-7-13(10,4)5/h9-10H,6-8,14H2,1-5H3,(H,15,16). The summed E-state index contributed by atoms with van der Waals surface area (Å²) in [5, 5.41) is 3.10. The maximum absolute atomic E-state index is 12.0. The number of hydrogen-bond acceptors (Lipinski definition) is 2. The quantitative estimate of drug-likeness (QED) is 0.769. The van der Waals surface area contributed by atoms with Crippen LogP contribution in [0.5, 0.6) is 0 Å². The Morgan fingerprint density at radius 2 is 2.00 bits per heavy atom. The molecule has 0 spiro atoms. The fourth-order valence-electron chi connectivity index (χ4n) is 2.03. The van der Waals surface area contributed by atoms with Gasteiger partial charge in [-0.3, -0.25) is 4.79 Å². The monoisotopic (exact) mass is 226 g/mol. The van der Waals surface area contributed by atoms with Gasteiger partial charge < -0.3 is 11.1 Å². The van der Waals surface area contributed by atoms with E-state index >= 15 is 0 Å². The van der Waals surface area contributed by atoms with Crippen LogP contribution in [0.1, 0.15) is 47.5 Å². The van der Waals surface area contributed by atoms with Gasteiger partial charge in [0.2, 0.25) is 5.91 Å². The Labute approximate surface area is 99.2 Å². The van der Waals surface area contributed by atoms with Crippen molar-refractivity contribution in [2.24, 2.45) is 22.5 Å².